The zero-order chi connectivity index (χ0) is 13.8. The van der Waals surface area contributed by atoms with Crippen LogP contribution in [0.2, 0.25) is 0 Å². The van der Waals surface area contributed by atoms with Crippen LogP contribution in [0.3, 0.4) is 0 Å². The third kappa shape index (κ3) is 2.75. The predicted octanol–water partition coefficient (Wildman–Crippen LogP) is 4.08. The second-order valence-corrected chi connectivity index (χ2v) is 5.34. The molecule has 0 saturated carbocycles. The smallest absolute Gasteiger partial charge is 0.138 e. The lowest BCUT2D eigenvalue weighted by Gasteiger charge is -2.24. The topological polar surface area (TPSA) is 20.5 Å². The van der Waals surface area contributed by atoms with Crippen LogP contribution >= 0.6 is 0 Å². The maximum Gasteiger partial charge on any atom is 0.138 e. The molecular weight excluding hydrogens is 234 g/mol. The number of imidazole rings is 1. The minimum absolute atomic E-state index is 0.450. The molecule has 0 unspecified atom stereocenters. The molecule has 0 aromatic carbocycles. The third-order valence-electron chi connectivity index (χ3n) is 3.54. The summed E-state index contributed by atoms with van der Waals surface area (Å²) in [5.41, 5.74) is 2.26. The SMILES string of the molecule is CCCCN(CC)c1c(C(C)C)nc2ccccn12. The summed E-state index contributed by atoms with van der Waals surface area (Å²) in [4.78, 5) is 7.27. The average molecular weight is 259 g/mol. The minimum Gasteiger partial charge on any atom is -0.356 e. The second kappa shape index (κ2) is 6.09. The van der Waals surface area contributed by atoms with Gasteiger partial charge in [0.25, 0.3) is 0 Å². The van der Waals surface area contributed by atoms with E-state index in [1.165, 1.54) is 24.4 Å². The summed E-state index contributed by atoms with van der Waals surface area (Å²) in [6.45, 7) is 11.0. The molecule has 0 fully saturated rings. The molecule has 0 bridgehead atoms. The molecule has 0 aliphatic rings. The zero-order valence-electron chi connectivity index (χ0n) is 12.6. The highest BCUT2D eigenvalue weighted by atomic mass is 15.2. The van der Waals surface area contributed by atoms with Gasteiger partial charge in [-0.1, -0.05) is 33.3 Å². The highest BCUT2D eigenvalue weighted by Gasteiger charge is 2.19. The van der Waals surface area contributed by atoms with Crippen molar-refractivity contribution in [1.82, 2.24) is 9.38 Å². The van der Waals surface area contributed by atoms with Gasteiger partial charge in [0.1, 0.15) is 11.5 Å². The summed E-state index contributed by atoms with van der Waals surface area (Å²) in [5, 5.41) is 0. The summed E-state index contributed by atoms with van der Waals surface area (Å²) in [6, 6.07) is 6.22. The van der Waals surface area contributed by atoms with Crippen molar-refractivity contribution in [2.75, 3.05) is 18.0 Å². The molecular formula is C16H25N3. The fourth-order valence-electron chi connectivity index (χ4n) is 2.47. The van der Waals surface area contributed by atoms with Gasteiger partial charge in [-0.05, 0) is 31.4 Å². The Morgan fingerprint density at radius 3 is 2.68 bits per heavy atom. The third-order valence-corrected chi connectivity index (χ3v) is 3.54. The van der Waals surface area contributed by atoms with Gasteiger partial charge in [-0.25, -0.2) is 4.98 Å². The van der Waals surface area contributed by atoms with Crippen LogP contribution in [-0.4, -0.2) is 22.5 Å². The summed E-state index contributed by atoms with van der Waals surface area (Å²) in [6.07, 6.45) is 4.58. The van der Waals surface area contributed by atoms with Crippen LogP contribution in [0.25, 0.3) is 5.65 Å². The molecule has 2 heterocycles. The van der Waals surface area contributed by atoms with Gasteiger partial charge >= 0.3 is 0 Å². The number of nitrogens with zero attached hydrogens (tertiary/aromatic N) is 3. The van der Waals surface area contributed by atoms with E-state index in [9.17, 15) is 0 Å². The van der Waals surface area contributed by atoms with Crippen molar-refractivity contribution >= 4 is 11.5 Å². The molecule has 0 saturated heterocycles. The molecule has 0 atom stereocenters. The summed E-state index contributed by atoms with van der Waals surface area (Å²) >= 11 is 0. The van der Waals surface area contributed by atoms with Crippen LogP contribution in [-0.2, 0) is 0 Å². The predicted molar refractivity (Wildman–Crippen MR) is 82.1 cm³/mol. The number of rotatable bonds is 6. The van der Waals surface area contributed by atoms with E-state index in [-0.39, 0.29) is 0 Å². The molecule has 2 aromatic heterocycles. The maximum absolute atomic E-state index is 4.81. The molecule has 0 spiro atoms. The van der Waals surface area contributed by atoms with Gasteiger partial charge in [-0.15, -0.1) is 0 Å². The Balaban J connectivity index is 2.51. The molecule has 0 N–H and O–H groups in total. The van der Waals surface area contributed by atoms with Crippen molar-refractivity contribution in [3.63, 3.8) is 0 Å². The van der Waals surface area contributed by atoms with E-state index in [1.807, 2.05) is 0 Å². The van der Waals surface area contributed by atoms with E-state index >= 15 is 0 Å². The monoisotopic (exact) mass is 259 g/mol. The Morgan fingerprint density at radius 2 is 2.05 bits per heavy atom. The lowest BCUT2D eigenvalue weighted by Crippen LogP contribution is -2.26. The minimum atomic E-state index is 0.450. The first-order valence-electron chi connectivity index (χ1n) is 7.40. The summed E-state index contributed by atoms with van der Waals surface area (Å²) in [5.74, 6) is 1.73. The van der Waals surface area contributed by atoms with Crippen molar-refractivity contribution in [2.45, 2.75) is 46.5 Å². The molecule has 19 heavy (non-hydrogen) atoms. The van der Waals surface area contributed by atoms with Crippen molar-refractivity contribution < 1.29 is 0 Å². The quantitative estimate of drug-likeness (QED) is 0.779. The van der Waals surface area contributed by atoms with Crippen LogP contribution in [0.5, 0.6) is 0 Å². The fraction of sp³-hybridized carbons (Fsp3) is 0.562. The van der Waals surface area contributed by atoms with E-state index in [4.69, 9.17) is 4.98 Å². The Morgan fingerprint density at radius 1 is 1.26 bits per heavy atom. The Hall–Kier alpha value is -1.51. The number of anilines is 1. The standard InChI is InChI=1S/C16H25N3/c1-5-7-11-18(6-2)16-15(13(3)4)17-14-10-8-9-12-19(14)16/h8-10,12-13H,5-7,11H2,1-4H3. The lowest BCUT2D eigenvalue weighted by atomic mass is 10.1. The van der Waals surface area contributed by atoms with E-state index < -0.39 is 0 Å². The normalized spacial score (nSPS) is 11.4. The van der Waals surface area contributed by atoms with E-state index in [2.05, 4.69) is 61.4 Å². The van der Waals surface area contributed by atoms with Gasteiger partial charge in [-0.3, -0.25) is 4.40 Å². The number of fused-ring (bicyclic) bond motifs is 1. The van der Waals surface area contributed by atoms with Gasteiger partial charge in [0, 0.05) is 19.3 Å². The molecule has 2 aromatic rings. The highest BCUT2D eigenvalue weighted by molar-refractivity contribution is 5.57. The zero-order valence-corrected chi connectivity index (χ0v) is 12.6. The van der Waals surface area contributed by atoms with Crippen LogP contribution < -0.4 is 4.90 Å². The number of pyridine rings is 1. The molecule has 0 radical (unpaired) electrons. The number of aromatic nitrogens is 2. The molecule has 0 aliphatic heterocycles. The lowest BCUT2D eigenvalue weighted by molar-refractivity contribution is 0.710. The van der Waals surface area contributed by atoms with Crippen molar-refractivity contribution in [1.29, 1.82) is 0 Å². The van der Waals surface area contributed by atoms with E-state index in [1.54, 1.807) is 0 Å². The summed E-state index contributed by atoms with van der Waals surface area (Å²) in [7, 11) is 0. The molecule has 104 valence electrons. The van der Waals surface area contributed by atoms with Gasteiger partial charge in [0.15, 0.2) is 0 Å². The van der Waals surface area contributed by atoms with Crippen LogP contribution in [0.1, 0.15) is 52.1 Å². The maximum atomic E-state index is 4.81. The Kier molecular flexibility index (Phi) is 4.46. The van der Waals surface area contributed by atoms with Gasteiger partial charge in [0.2, 0.25) is 0 Å². The van der Waals surface area contributed by atoms with Gasteiger partial charge in [-0.2, -0.15) is 0 Å². The van der Waals surface area contributed by atoms with Crippen molar-refractivity contribution in [3.8, 4) is 0 Å². The van der Waals surface area contributed by atoms with Crippen LogP contribution in [0, 0.1) is 0 Å². The van der Waals surface area contributed by atoms with Gasteiger partial charge < -0.3 is 4.90 Å². The Bertz CT molecular complexity index is 528. The first-order valence-corrected chi connectivity index (χ1v) is 7.40. The second-order valence-electron chi connectivity index (χ2n) is 5.34. The molecule has 2 rings (SSSR count). The molecule has 3 heteroatoms. The van der Waals surface area contributed by atoms with Crippen LogP contribution in [0.4, 0.5) is 5.82 Å². The number of hydrogen-bond donors (Lipinski definition) is 0. The first kappa shape index (κ1) is 13.9. The van der Waals surface area contributed by atoms with Gasteiger partial charge in [0.05, 0.1) is 5.69 Å². The van der Waals surface area contributed by atoms with Crippen LogP contribution in [0.15, 0.2) is 24.4 Å². The van der Waals surface area contributed by atoms with E-state index in [0.717, 1.165) is 18.7 Å². The largest absolute Gasteiger partial charge is 0.356 e. The van der Waals surface area contributed by atoms with Crippen molar-refractivity contribution in [2.24, 2.45) is 0 Å². The van der Waals surface area contributed by atoms with E-state index in [0.29, 0.717) is 5.92 Å². The Labute approximate surface area is 116 Å². The first-order chi connectivity index (χ1) is 9.19. The highest BCUT2D eigenvalue weighted by Crippen LogP contribution is 2.28. The number of hydrogen-bond acceptors (Lipinski definition) is 2. The molecule has 0 amide bonds. The molecule has 0 aliphatic carbocycles. The summed E-state index contributed by atoms with van der Waals surface area (Å²) < 4.78 is 2.23. The van der Waals surface area contributed by atoms with Crippen molar-refractivity contribution in [3.05, 3.63) is 30.1 Å². The molecule has 3 nitrogen and oxygen atoms in total. The fourth-order valence-corrected chi connectivity index (χ4v) is 2.47. The average Bonchev–Trinajstić information content (AvgIpc) is 2.80. The number of unbranched alkanes of at least 4 members (excludes halogenated alkanes) is 1.